The van der Waals surface area contributed by atoms with Crippen LogP contribution in [0.15, 0.2) is 72.0 Å². The van der Waals surface area contributed by atoms with Crippen molar-refractivity contribution < 1.29 is 41.8 Å². The quantitative estimate of drug-likeness (QED) is 0.111. The van der Waals surface area contributed by atoms with Gasteiger partial charge in [-0.1, -0.05) is 18.2 Å². The fourth-order valence-corrected chi connectivity index (χ4v) is 7.63. The second kappa shape index (κ2) is 15.3. The molecule has 0 radical (unpaired) electrons. The number of nitrogens with zero attached hydrogens (tertiary/aromatic N) is 6. The molecule has 16 nitrogen and oxygen atoms in total. The third kappa shape index (κ3) is 7.16. The Morgan fingerprint density at radius 1 is 1.00 bits per heavy atom. The first-order valence-electron chi connectivity index (χ1n) is 18.6. The Hall–Kier alpha value is -6.18. The number of amides is 4. The number of anilines is 1. The molecule has 2 saturated heterocycles. The molecule has 6 heterocycles. The number of hydrogen-bond donors (Lipinski definition) is 3. The van der Waals surface area contributed by atoms with Gasteiger partial charge >= 0.3 is 11.9 Å². The lowest BCUT2D eigenvalue weighted by Crippen LogP contribution is -2.54. The lowest BCUT2D eigenvalue weighted by molar-refractivity contribution is -0.137. The smallest absolute Gasteiger partial charge is 0.382 e. The van der Waals surface area contributed by atoms with Crippen LogP contribution < -0.4 is 21.6 Å². The number of imide groups is 2. The van der Waals surface area contributed by atoms with Crippen molar-refractivity contribution in [2.75, 3.05) is 44.8 Å². The molecule has 4 amide bonds. The number of hydrogen-bond acceptors (Lipinski definition) is 11. The zero-order valence-electron chi connectivity index (χ0n) is 31.2. The third-order valence-corrected chi connectivity index (χ3v) is 10.7. The summed E-state index contributed by atoms with van der Waals surface area (Å²) < 4.78 is 58.5. The first-order chi connectivity index (χ1) is 27.8. The normalized spacial score (nSPS) is 17.8. The van der Waals surface area contributed by atoms with Crippen LogP contribution >= 0.6 is 0 Å². The van der Waals surface area contributed by atoms with Gasteiger partial charge in [-0.25, -0.2) is 4.79 Å². The summed E-state index contributed by atoms with van der Waals surface area (Å²) in [7, 11) is 1.85. The first-order valence-corrected chi connectivity index (χ1v) is 18.6. The van der Waals surface area contributed by atoms with Crippen LogP contribution in [-0.4, -0.2) is 97.8 Å². The molecular formula is C39H38F3N9O7. The molecule has 0 aliphatic carbocycles. The minimum Gasteiger partial charge on any atom is -0.382 e. The number of fused-ring (bicyclic) bond motifs is 2. The van der Waals surface area contributed by atoms with Gasteiger partial charge in [-0.2, -0.15) is 13.2 Å². The van der Waals surface area contributed by atoms with E-state index in [1.165, 1.54) is 23.0 Å². The van der Waals surface area contributed by atoms with Crippen molar-refractivity contribution in [1.82, 2.24) is 39.3 Å². The monoisotopic (exact) mass is 801 g/mol. The Kier molecular flexibility index (Phi) is 10.2. The number of ether oxygens (including phenoxy) is 2. The van der Waals surface area contributed by atoms with E-state index in [-0.39, 0.29) is 67.9 Å². The Labute approximate surface area is 327 Å². The second-order valence-electron chi connectivity index (χ2n) is 14.5. The summed E-state index contributed by atoms with van der Waals surface area (Å²) in [6.45, 7) is 1.77. The number of carbonyl (C=O) groups excluding carboxylic acids is 4. The van der Waals surface area contributed by atoms with E-state index in [9.17, 15) is 37.1 Å². The van der Waals surface area contributed by atoms with Crippen LogP contribution in [-0.2, 0) is 50.7 Å². The largest absolute Gasteiger partial charge is 0.418 e. The number of piperidine rings is 1. The number of imidazole rings is 1. The van der Waals surface area contributed by atoms with Gasteiger partial charge in [0, 0.05) is 63.0 Å². The number of aromatic nitrogens is 5. The summed E-state index contributed by atoms with van der Waals surface area (Å²) in [6.07, 6.45) is 0.0726. The number of carbonyl (C=O) groups is 4. The van der Waals surface area contributed by atoms with E-state index in [4.69, 9.17) is 9.47 Å². The van der Waals surface area contributed by atoms with E-state index < -0.39 is 52.5 Å². The van der Waals surface area contributed by atoms with Crippen LogP contribution in [0.2, 0.25) is 0 Å². The van der Waals surface area contributed by atoms with Crippen LogP contribution in [0.25, 0.3) is 11.2 Å². The van der Waals surface area contributed by atoms with E-state index in [2.05, 4.69) is 26.1 Å². The number of rotatable bonds is 14. The predicted octanol–water partition coefficient (Wildman–Crippen LogP) is 2.37. The Balaban J connectivity index is 0.883. The van der Waals surface area contributed by atoms with E-state index in [0.717, 1.165) is 26.8 Å². The molecule has 1 atom stereocenters. The molecule has 0 spiro atoms. The van der Waals surface area contributed by atoms with Crippen LogP contribution in [0.4, 0.5) is 18.9 Å². The van der Waals surface area contributed by atoms with Gasteiger partial charge in [0.1, 0.15) is 18.2 Å². The summed E-state index contributed by atoms with van der Waals surface area (Å²) in [6, 6.07) is 11.8. The van der Waals surface area contributed by atoms with Gasteiger partial charge in [-0.05, 0) is 47.9 Å². The van der Waals surface area contributed by atoms with Crippen molar-refractivity contribution in [2.24, 2.45) is 7.05 Å². The molecule has 2 fully saturated rings. The molecule has 5 aromatic rings. The number of nitrogens with one attached hydrogen (secondary N) is 3. The average molecular weight is 802 g/mol. The predicted molar refractivity (Wildman–Crippen MR) is 199 cm³/mol. The highest BCUT2D eigenvalue weighted by atomic mass is 19.4. The lowest BCUT2D eigenvalue weighted by atomic mass is 9.75. The highest BCUT2D eigenvalue weighted by Gasteiger charge is 2.46. The summed E-state index contributed by atoms with van der Waals surface area (Å²) in [4.78, 5) is 64.9. The molecule has 2 aromatic carbocycles. The molecule has 3 aromatic heterocycles. The molecule has 58 heavy (non-hydrogen) atoms. The Morgan fingerprint density at radius 2 is 1.79 bits per heavy atom. The van der Waals surface area contributed by atoms with Gasteiger partial charge in [0.05, 0.1) is 54.3 Å². The molecule has 3 aliphatic heterocycles. The van der Waals surface area contributed by atoms with Gasteiger partial charge in [0.15, 0.2) is 0 Å². The zero-order chi connectivity index (χ0) is 40.8. The Morgan fingerprint density at radius 3 is 2.52 bits per heavy atom. The highest BCUT2D eigenvalue weighted by Crippen LogP contribution is 2.37. The average Bonchev–Trinajstić information content (AvgIpc) is 3.82. The van der Waals surface area contributed by atoms with Gasteiger partial charge in [0.2, 0.25) is 11.8 Å². The minimum atomic E-state index is -4.73. The van der Waals surface area contributed by atoms with Crippen molar-refractivity contribution in [1.29, 1.82) is 0 Å². The molecule has 302 valence electrons. The van der Waals surface area contributed by atoms with Crippen LogP contribution in [0.1, 0.15) is 56.1 Å². The van der Waals surface area contributed by atoms with Crippen molar-refractivity contribution in [3.63, 3.8) is 0 Å². The molecule has 19 heteroatoms. The van der Waals surface area contributed by atoms with Crippen molar-refractivity contribution in [3.8, 4) is 5.69 Å². The Bertz CT molecular complexity index is 2510. The molecule has 0 bridgehead atoms. The lowest BCUT2D eigenvalue weighted by Gasteiger charge is -2.41. The topological polar surface area (TPSA) is 183 Å². The van der Waals surface area contributed by atoms with E-state index in [1.807, 2.05) is 17.7 Å². The van der Waals surface area contributed by atoms with Crippen molar-refractivity contribution in [3.05, 3.63) is 111 Å². The fraction of sp³-hybridized carbons (Fsp3) is 0.359. The zero-order valence-corrected chi connectivity index (χ0v) is 31.2. The van der Waals surface area contributed by atoms with Crippen LogP contribution in [0, 0.1) is 0 Å². The van der Waals surface area contributed by atoms with E-state index >= 15 is 0 Å². The molecule has 3 N–H and O–H groups in total. The van der Waals surface area contributed by atoms with Gasteiger partial charge in [-0.15, -0.1) is 10.2 Å². The molecular weight excluding hydrogens is 763 g/mol. The number of pyridine rings is 1. The summed E-state index contributed by atoms with van der Waals surface area (Å²) in [5.41, 5.74) is -0.110. The maximum Gasteiger partial charge on any atom is 0.418 e. The standard InChI is InChI=1S/C39H38F3N9O7/c1-48-22-45-47-31(48)16-38(20-58-21-38)24-4-2-5-25(15-24)49-19-30-27(39(40,41)42)14-23(18-50(30)37(49)56)17-43-10-12-57-13-11-44-28-7-3-6-26-33(28)36(55)51(35(26)54)29-8-9-32(52)46-34(29)53/h2-7,14-15,18-19,22,29,43-44H,8-13,16-17,20-21H2,1H3,(H,46,52,53). The minimum absolute atomic E-state index is 0.0137. The maximum absolute atomic E-state index is 14.4. The van der Waals surface area contributed by atoms with Gasteiger partial charge in [0.25, 0.3) is 11.8 Å². The molecule has 0 saturated carbocycles. The second-order valence-corrected chi connectivity index (χ2v) is 14.5. The van der Waals surface area contributed by atoms with Gasteiger partial charge < -0.3 is 24.7 Å². The molecule has 1 unspecified atom stereocenters. The number of aryl methyl sites for hydroxylation is 1. The fourth-order valence-electron chi connectivity index (χ4n) is 7.63. The summed E-state index contributed by atoms with van der Waals surface area (Å²) in [5, 5.41) is 16.5. The highest BCUT2D eigenvalue weighted by molar-refractivity contribution is 6.25. The molecule has 8 rings (SSSR count). The van der Waals surface area contributed by atoms with Crippen molar-refractivity contribution in [2.45, 2.75) is 43.4 Å². The molecule has 3 aliphatic rings. The van der Waals surface area contributed by atoms with Crippen LogP contribution in [0.5, 0.6) is 0 Å². The number of benzene rings is 2. The summed E-state index contributed by atoms with van der Waals surface area (Å²) >= 11 is 0. The van der Waals surface area contributed by atoms with Crippen molar-refractivity contribution >= 4 is 34.8 Å². The number of alkyl halides is 3. The number of halogens is 3. The van der Waals surface area contributed by atoms with Gasteiger partial charge in [-0.3, -0.25) is 38.4 Å². The SMILES string of the molecule is Cn1cnnc1CC1(c2cccc(-n3cc4c(C(F)(F)F)cc(CNCCOCCNc5cccc6c5C(=O)N(C5CCC(=O)NC5=O)C6=O)cn4c3=O)c2)COC1. The van der Waals surface area contributed by atoms with E-state index in [0.29, 0.717) is 31.0 Å². The maximum atomic E-state index is 14.4. The van der Waals surface area contributed by atoms with Crippen LogP contribution in [0.3, 0.4) is 0 Å². The third-order valence-electron chi connectivity index (χ3n) is 10.7. The van der Waals surface area contributed by atoms with E-state index in [1.54, 1.807) is 36.7 Å². The summed E-state index contributed by atoms with van der Waals surface area (Å²) in [5.74, 6) is -1.65. The first kappa shape index (κ1) is 38.7.